The van der Waals surface area contributed by atoms with Gasteiger partial charge in [-0.2, -0.15) is 13.2 Å². The number of nitrogens with zero attached hydrogens (tertiary/aromatic N) is 3. The number of hydrogen-bond acceptors (Lipinski definition) is 4. The van der Waals surface area contributed by atoms with Gasteiger partial charge in [-0.1, -0.05) is 53.7 Å². The number of aryl methyl sites for hydroxylation is 1. The summed E-state index contributed by atoms with van der Waals surface area (Å²) in [5, 5.41) is 9.18. The molecule has 0 saturated carbocycles. The van der Waals surface area contributed by atoms with E-state index in [1.165, 1.54) is 23.9 Å². The van der Waals surface area contributed by atoms with Crippen LogP contribution in [0.3, 0.4) is 0 Å². The second-order valence-corrected chi connectivity index (χ2v) is 8.10. The molecular weight excluding hydrogens is 435 g/mol. The Morgan fingerprint density at radius 1 is 0.938 bits per heavy atom. The van der Waals surface area contributed by atoms with Gasteiger partial charge in [-0.3, -0.25) is 4.57 Å². The molecule has 0 unspecified atom stereocenters. The predicted octanol–water partition coefficient (Wildman–Crippen LogP) is 6.56. The number of rotatable bonds is 6. The molecule has 3 aromatic carbocycles. The van der Waals surface area contributed by atoms with Gasteiger partial charge in [0.25, 0.3) is 0 Å². The fourth-order valence-corrected chi connectivity index (χ4v) is 4.32. The van der Waals surface area contributed by atoms with E-state index in [1.54, 1.807) is 13.2 Å². The zero-order valence-electron chi connectivity index (χ0n) is 17.4. The Labute approximate surface area is 188 Å². The Morgan fingerprint density at radius 2 is 1.69 bits per heavy atom. The van der Waals surface area contributed by atoms with Gasteiger partial charge in [0.1, 0.15) is 5.75 Å². The summed E-state index contributed by atoms with van der Waals surface area (Å²) >= 11 is 1.21. The fraction of sp³-hybridized carbons (Fsp3) is 0.167. The van der Waals surface area contributed by atoms with Crippen molar-refractivity contribution in [2.45, 2.75) is 24.0 Å². The van der Waals surface area contributed by atoms with Crippen LogP contribution in [0.2, 0.25) is 0 Å². The molecule has 0 aliphatic rings. The second-order valence-electron chi connectivity index (χ2n) is 7.15. The third-order valence-corrected chi connectivity index (χ3v) is 5.90. The zero-order valence-corrected chi connectivity index (χ0v) is 18.2. The molecule has 0 radical (unpaired) electrons. The normalized spacial score (nSPS) is 11.5. The molecule has 0 fully saturated rings. The minimum absolute atomic E-state index is 0.109. The van der Waals surface area contributed by atoms with E-state index < -0.39 is 11.7 Å². The van der Waals surface area contributed by atoms with Crippen LogP contribution in [0, 0.1) is 6.92 Å². The minimum atomic E-state index is -4.41. The first-order chi connectivity index (χ1) is 15.4. The lowest BCUT2D eigenvalue weighted by Gasteiger charge is -2.14. The SMILES string of the molecule is COc1ccc(-n2c(SCc3ccccc3C(F)(F)F)nnc2-c2cccc(C)c2)cc1. The molecule has 4 aromatic rings. The molecule has 0 spiro atoms. The van der Waals surface area contributed by atoms with Crippen LogP contribution in [0.25, 0.3) is 17.1 Å². The van der Waals surface area contributed by atoms with Gasteiger partial charge in [0.05, 0.1) is 12.7 Å². The summed E-state index contributed by atoms with van der Waals surface area (Å²) in [7, 11) is 1.59. The van der Waals surface area contributed by atoms with E-state index in [1.807, 2.05) is 60.0 Å². The van der Waals surface area contributed by atoms with E-state index in [0.717, 1.165) is 22.9 Å². The molecule has 8 heteroatoms. The van der Waals surface area contributed by atoms with Gasteiger partial charge >= 0.3 is 6.18 Å². The maximum Gasteiger partial charge on any atom is 0.416 e. The molecule has 32 heavy (non-hydrogen) atoms. The van der Waals surface area contributed by atoms with E-state index in [-0.39, 0.29) is 11.3 Å². The number of methoxy groups -OCH3 is 1. The smallest absolute Gasteiger partial charge is 0.416 e. The topological polar surface area (TPSA) is 39.9 Å². The summed E-state index contributed by atoms with van der Waals surface area (Å²) in [5.41, 5.74) is 2.29. The van der Waals surface area contributed by atoms with Crippen molar-refractivity contribution in [3.8, 4) is 22.8 Å². The maximum absolute atomic E-state index is 13.4. The molecule has 0 atom stereocenters. The van der Waals surface area contributed by atoms with E-state index >= 15 is 0 Å². The van der Waals surface area contributed by atoms with Crippen LogP contribution in [-0.4, -0.2) is 21.9 Å². The quantitative estimate of drug-likeness (QED) is 0.309. The van der Waals surface area contributed by atoms with Gasteiger partial charge in [0.2, 0.25) is 0 Å². The van der Waals surface area contributed by atoms with Crippen LogP contribution >= 0.6 is 11.8 Å². The van der Waals surface area contributed by atoms with E-state index in [0.29, 0.717) is 16.7 Å². The number of halogens is 3. The van der Waals surface area contributed by atoms with Gasteiger partial charge in [-0.15, -0.1) is 10.2 Å². The lowest BCUT2D eigenvalue weighted by Crippen LogP contribution is -2.08. The van der Waals surface area contributed by atoms with Gasteiger partial charge in [0, 0.05) is 17.0 Å². The van der Waals surface area contributed by atoms with Crippen molar-refractivity contribution in [3.05, 3.63) is 89.5 Å². The highest BCUT2D eigenvalue weighted by Gasteiger charge is 2.33. The van der Waals surface area contributed by atoms with Crippen molar-refractivity contribution in [1.82, 2.24) is 14.8 Å². The standard InChI is InChI=1S/C24H20F3N3OS/c1-16-6-5-8-17(14-16)22-28-29-23(30(22)19-10-12-20(31-2)13-11-19)32-15-18-7-3-4-9-21(18)24(25,26)27/h3-14H,15H2,1-2H3. The highest BCUT2D eigenvalue weighted by molar-refractivity contribution is 7.98. The summed E-state index contributed by atoms with van der Waals surface area (Å²) in [6, 6.07) is 20.8. The van der Waals surface area contributed by atoms with Crippen LogP contribution in [0.5, 0.6) is 5.75 Å². The van der Waals surface area contributed by atoms with Gasteiger partial charge in [-0.05, 0) is 48.9 Å². The number of benzene rings is 3. The van der Waals surface area contributed by atoms with Gasteiger partial charge in [-0.25, -0.2) is 0 Å². The van der Waals surface area contributed by atoms with E-state index in [4.69, 9.17) is 4.74 Å². The van der Waals surface area contributed by atoms with Crippen LogP contribution in [0.4, 0.5) is 13.2 Å². The van der Waals surface area contributed by atoms with Gasteiger partial charge < -0.3 is 4.74 Å². The Morgan fingerprint density at radius 3 is 2.38 bits per heavy atom. The van der Waals surface area contributed by atoms with Crippen LogP contribution in [0.1, 0.15) is 16.7 Å². The first kappa shape index (κ1) is 22.0. The van der Waals surface area contributed by atoms with E-state index in [9.17, 15) is 13.2 Å². The fourth-order valence-electron chi connectivity index (χ4n) is 3.36. The number of thioether (sulfide) groups is 1. The third kappa shape index (κ3) is 4.65. The molecule has 0 bridgehead atoms. The Bertz CT molecular complexity index is 1220. The van der Waals surface area contributed by atoms with Crippen LogP contribution < -0.4 is 4.74 Å². The van der Waals surface area contributed by atoms with Crippen LogP contribution in [0.15, 0.2) is 78.0 Å². The highest BCUT2D eigenvalue weighted by Crippen LogP contribution is 2.36. The minimum Gasteiger partial charge on any atom is -0.497 e. The number of hydrogen-bond donors (Lipinski definition) is 0. The predicted molar refractivity (Wildman–Crippen MR) is 119 cm³/mol. The molecule has 1 aromatic heterocycles. The lowest BCUT2D eigenvalue weighted by atomic mass is 10.1. The first-order valence-corrected chi connectivity index (χ1v) is 10.8. The average Bonchev–Trinajstić information content (AvgIpc) is 3.21. The Kier molecular flexibility index (Phi) is 6.23. The summed E-state index contributed by atoms with van der Waals surface area (Å²) in [5.74, 6) is 1.43. The van der Waals surface area contributed by atoms with Crippen molar-refractivity contribution in [2.75, 3.05) is 7.11 Å². The Balaban J connectivity index is 1.74. The molecule has 0 saturated heterocycles. The van der Waals surface area contributed by atoms with Crippen molar-refractivity contribution in [1.29, 1.82) is 0 Å². The van der Waals surface area contributed by atoms with E-state index in [2.05, 4.69) is 10.2 Å². The molecule has 1 heterocycles. The largest absolute Gasteiger partial charge is 0.497 e. The molecule has 4 nitrogen and oxygen atoms in total. The summed E-state index contributed by atoms with van der Waals surface area (Å²) in [6.07, 6.45) is -4.41. The monoisotopic (exact) mass is 455 g/mol. The van der Waals surface area contributed by atoms with Crippen LogP contribution in [-0.2, 0) is 11.9 Å². The molecule has 0 aliphatic carbocycles. The molecular formula is C24H20F3N3OS. The average molecular weight is 456 g/mol. The van der Waals surface area contributed by atoms with Crippen molar-refractivity contribution < 1.29 is 17.9 Å². The van der Waals surface area contributed by atoms with Crippen molar-refractivity contribution >= 4 is 11.8 Å². The number of ether oxygens (including phenoxy) is 1. The number of aromatic nitrogens is 3. The summed E-state index contributed by atoms with van der Waals surface area (Å²) in [4.78, 5) is 0. The molecule has 0 amide bonds. The molecule has 164 valence electrons. The van der Waals surface area contributed by atoms with Crippen molar-refractivity contribution in [2.24, 2.45) is 0 Å². The Hall–Kier alpha value is -3.26. The summed E-state index contributed by atoms with van der Waals surface area (Å²) in [6.45, 7) is 1.99. The first-order valence-electron chi connectivity index (χ1n) is 9.81. The summed E-state index contributed by atoms with van der Waals surface area (Å²) < 4.78 is 47.3. The second kappa shape index (κ2) is 9.08. The lowest BCUT2D eigenvalue weighted by molar-refractivity contribution is -0.138. The third-order valence-electron chi connectivity index (χ3n) is 4.92. The molecule has 0 aliphatic heterocycles. The molecule has 4 rings (SSSR count). The van der Waals surface area contributed by atoms with Gasteiger partial charge in [0.15, 0.2) is 11.0 Å². The maximum atomic E-state index is 13.4. The number of alkyl halides is 3. The van der Waals surface area contributed by atoms with Crippen molar-refractivity contribution in [3.63, 3.8) is 0 Å². The zero-order chi connectivity index (χ0) is 22.7. The molecule has 0 N–H and O–H groups in total. The highest BCUT2D eigenvalue weighted by atomic mass is 32.2.